The van der Waals surface area contributed by atoms with Crippen molar-refractivity contribution in [2.45, 2.75) is 38.0 Å². The molecule has 1 aliphatic carbocycles. The van der Waals surface area contributed by atoms with Crippen LogP contribution in [-0.4, -0.2) is 39.9 Å². The van der Waals surface area contributed by atoms with Crippen LogP contribution in [-0.2, 0) is 0 Å². The number of hydrogen-bond donors (Lipinski definition) is 4. The zero-order valence-electron chi connectivity index (χ0n) is 17.7. The zero-order valence-corrected chi connectivity index (χ0v) is 17.7. The third kappa shape index (κ3) is 5.03. The zero-order chi connectivity index (χ0) is 24.6. The van der Waals surface area contributed by atoms with Gasteiger partial charge in [0.2, 0.25) is 5.95 Å². The molecule has 0 unspecified atom stereocenters. The highest BCUT2D eigenvalue weighted by atomic mass is 19.4. The third-order valence-electron chi connectivity index (χ3n) is 5.47. The second kappa shape index (κ2) is 9.05. The molecular weight excluding hydrogens is 465 g/mol. The smallest absolute Gasteiger partial charge is 0.416 e. The van der Waals surface area contributed by atoms with E-state index < -0.39 is 41.2 Å². The van der Waals surface area contributed by atoms with E-state index in [0.717, 1.165) is 18.9 Å². The van der Waals surface area contributed by atoms with Gasteiger partial charge in [0.1, 0.15) is 11.6 Å². The number of nitrogens with one attached hydrogen (secondary N) is 3. The first-order chi connectivity index (χ1) is 16.1. The lowest BCUT2D eigenvalue weighted by atomic mass is 10.1. The van der Waals surface area contributed by atoms with Crippen LogP contribution in [0.15, 0.2) is 28.9 Å². The number of hydrogen-bond acceptors (Lipinski definition) is 6. The molecule has 2 amide bonds. The van der Waals surface area contributed by atoms with E-state index in [4.69, 9.17) is 4.42 Å². The highest BCUT2D eigenvalue weighted by molar-refractivity contribution is 5.89. The molecular formula is C21H20F5N5O3. The van der Waals surface area contributed by atoms with Crippen LogP contribution >= 0.6 is 0 Å². The molecule has 1 aromatic carbocycles. The summed E-state index contributed by atoms with van der Waals surface area (Å²) >= 11 is 0. The van der Waals surface area contributed by atoms with Gasteiger partial charge in [0.15, 0.2) is 17.4 Å². The van der Waals surface area contributed by atoms with Crippen molar-refractivity contribution in [1.29, 1.82) is 0 Å². The Bertz CT molecular complexity index is 1190. The number of anilines is 2. The first-order valence-electron chi connectivity index (χ1n) is 10.3. The first-order valence-corrected chi connectivity index (χ1v) is 10.3. The Morgan fingerprint density at radius 3 is 2.50 bits per heavy atom. The number of aliphatic hydroxyl groups excluding tert-OH is 1. The van der Waals surface area contributed by atoms with Crippen molar-refractivity contribution in [3.8, 4) is 0 Å². The molecule has 2 heterocycles. The lowest BCUT2D eigenvalue weighted by molar-refractivity contribution is -0.158. The van der Waals surface area contributed by atoms with Gasteiger partial charge in [0.25, 0.3) is 0 Å². The largest absolute Gasteiger partial charge is 0.455 e. The van der Waals surface area contributed by atoms with Crippen LogP contribution in [0.4, 0.5) is 38.4 Å². The summed E-state index contributed by atoms with van der Waals surface area (Å²) in [6.45, 7) is 1.10. The lowest BCUT2D eigenvalue weighted by Gasteiger charge is -2.21. The van der Waals surface area contributed by atoms with Crippen molar-refractivity contribution < 1.29 is 36.3 Å². The van der Waals surface area contributed by atoms with E-state index in [9.17, 15) is 31.9 Å². The highest BCUT2D eigenvalue weighted by Crippen LogP contribution is 2.39. The number of aromatic nitrogens is 2. The maximum atomic E-state index is 14.0. The number of carbonyl (C=O) groups excluding carboxylic acids is 1. The van der Waals surface area contributed by atoms with Crippen LogP contribution in [0.5, 0.6) is 0 Å². The molecule has 0 aliphatic heterocycles. The maximum Gasteiger partial charge on any atom is 0.416 e. The average molecular weight is 485 g/mol. The van der Waals surface area contributed by atoms with Crippen LogP contribution in [0.2, 0.25) is 0 Å². The number of nitrogens with zero attached hydrogens (tertiary/aromatic N) is 2. The molecule has 4 N–H and O–H groups in total. The Morgan fingerprint density at radius 2 is 1.91 bits per heavy atom. The van der Waals surface area contributed by atoms with Crippen LogP contribution in [0.3, 0.4) is 0 Å². The van der Waals surface area contributed by atoms with Gasteiger partial charge in [0, 0.05) is 17.0 Å². The number of fused-ring (bicyclic) bond motifs is 1. The number of aliphatic hydroxyl groups is 1. The summed E-state index contributed by atoms with van der Waals surface area (Å²) < 4.78 is 73.8. The number of rotatable bonds is 7. The summed E-state index contributed by atoms with van der Waals surface area (Å²) in [6.07, 6.45) is -0.681. The van der Waals surface area contributed by atoms with E-state index >= 15 is 0 Å². The number of halogens is 5. The van der Waals surface area contributed by atoms with Gasteiger partial charge in [-0.15, -0.1) is 0 Å². The summed E-state index contributed by atoms with van der Waals surface area (Å²) in [5, 5.41) is 16.1. The van der Waals surface area contributed by atoms with Crippen LogP contribution < -0.4 is 16.0 Å². The molecule has 0 saturated heterocycles. The molecule has 182 valence electrons. The Balaban J connectivity index is 1.49. The predicted octanol–water partition coefficient (Wildman–Crippen LogP) is 4.42. The number of benzene rings is 1. The Labute approximate surface area is 189 Å². The normalized spacial score (nSPS) is 15.7. The molecule has 34 heavy (non-hydrogen) atoms. The SMILES string of the molecule is Cc1c([C@H](NC(=O)Nc2cnc(N[C@H](CO)C3CC3)nc2)C(F)(F)F)oc2c(F)cc(F)cc12. The van der Waals surface area contributed by atoms with Crippen LogP contribution in [0.25, 0.3) is 11.0 Å². The fraction of sp³-hybridized carbons (Fsp3) is 0.381. The third-order valence-corrected chi connectivity index (χ3v) is 5.47. The second-order valence-electron chi connectivity index (χ2n) is 7.99. The van der Waals surface area contributed by atoms with Gasteiger partial charge < -0.3 is 25.5 Å². The number of aryl methyl sites for hydroxylation is 1. The number of urea groups is 1. The molecule has 0 radical (unpaired) electrons. The van der Waals surface area contributed by atoms with Crippen molar-refractivity contribution in [1.82, 2.24) is 15.3 Å². The Kier molecular flexibility index (Phi) is 6.30. The molecule has 0 spiro atoms. The molecule has 3 aromatic rings. The minimum Gasteiger partial charge on any atom is -0.455 e. The van der Waals surface area contributed by atoms with Crippen molar-refractivity contribution in [3.05, 3.63) is 47.5 Å². The highest BCUT2D eigenvalue weighted by Gasteiger charge is 2.45. The molecule has 8 nitrogen and oxygen atoms in total. The van der Waals surface area contributed by atoms with E-state index in [1.54, 1.807) is 5.32 Å². The van der Waals surface area contributed by atoms with Gasteiger partial charge in [-0.1, -0.05) is 0 Å². The van der Waals surface area contributed by atoms with Crippen molar-refractivity contribution >= 4 is 28.6 Å². The molecule has 4 rings (SSSR count). The Morgan fingerprint density at radius 1 is 1.24 bits per heavy atom. The predicted molar refractivity (Wildman–Crippen MR) is 111 cm³/mol. The van der Waals surface area contributed by atoms with Gasteiger partial charge in [-0.3, -0.25) is 0 Å². The van der Waals surface area contributed by atoms with Gasteiger partial charge in [-0.25, -0.2) is 23.5 Å². The topological polar surface area (TPSA) is 112 Å². The minimum absolute atomic E-state index is 0.00499. The van der Waals surface area contributed by atoms with Crippen LogP contribution in [0.1, 0.15) is 30.2 Å². The van der Waals surface area contributed by atoms with E-state index in [2.05, 4.69) is 20.6 Å². The number of furan rings is 1. The van der Waals surface area contributed by atoms with Crippen molar-refractivity contribution in [2.24, 2.45) is 5.92 Å². The number of carbonyl (C=O) groups is 1. The molecule has 2 atom stereocenters. The molecule has 1 aliphatic rings. The summed E-state index contributed by atoms with van der Waals surface area (Å²) in [5.41, 5.74) is -0.705. The summed E-state index contributed by atoms with van der Waals surface area (Å²) in [4.78, 5) is 20.3. The molecule has 2 aromatic heterocycles. The lowest BCUT2D eigenvalue weighted by Crippen LogP contribution is -2.40. The Hall–Kier alpha value is -3.48. The van der Waals surface area contributed by atoms with E-state index in [1.165, 1.54) is 19.3 Å². The number of amides is 2. The van der Waals surface area contributed by atoms with Crippen LogP contribution in [0, 0.1) is 24.5 Å². The summed E-state index contributed by atoms with van der Waals surface area (Å²) in [5.74, 6) is -2.39. The van der Waals surface area contributed by atoms with Gasteiger partial charge >= 0.3 is 12.2 Å². The quantitative estimate of drug-likeness (QED) is 0.369. The molecule has 1 saturated carbocycles. The monoisotopic (exact) mass is 485 g/mol. The summed E-state index contributed by atoms with van der Waals surface area (Å²) in [6, 6.07) is -2.74. The van der Waals surface area contributed by atoms with Crippen molar-refractivity contribution in [3.63, 3.8) is 0 Å². The average Bonchev–Trinajstić information content (AvgIpc) is 3.55. The number of alkyl halides is 3. The van der Waals surface area contributed by atoms with E-state index in [-0.39, 0.29) is 35.2 Å². The molecule has 13 heteroatoms. The van der Waals surface area contributed by atoms with E-state index in [0.29, 0.717) is 12.0 Å². The maximum absolute atomic E-state index is 14.0. The minimum atomic E-state index is -5.00. The molecule has 1 fully saturated rings. The first kappa shape index (κ1) is 23.7. The fourth-order valence-electron chi connectivity index (χ4n) is 3.58. The fourth-order valence-corrected chi connectivity index (χ4v) is 3.58. The standard InChI is InChI=1S/C21H20F5N5O3/c1-9-13-4-11(22)5-14(23)17(13)34-16(9)18(21(24,25)26)31-20(33)29-12-6-27-19(28-7-12)30-15(8-32)10-2-3-10/h4-7,10,15,18,32H,2-3,8H2,1H3,(H,27,28,30)(H2,29,31,33)/t15-,18+/m1/s1. The molecule has 0 bridgehead atoms. The van der Waals surface area contributed by atoms with E-state index in [1.807, 2.05) is 0 Å². The van der Waals surface area contributed by atoms with Gasteiger partial charge in [-0.2, -0.15) is 13.2 Å². The summed E-state index contributed by atoms with van der Waals surface area (Å²) in [7, 11) is 0. The van der Waals surface area contributed by atoms with Gasteiger partial charge in [0.05, 0.1) is 30.7 Å². The van der Waals surface area contributed by atoms with Crippen molar-refractivity contribution in [2.75, 3.05) is 17.2 Å². The van der Waals surface area contributed by atoms with Gasteiger partial charge in [-0.05, 0) is 31.7 Å². The second-order valence-corrected chi connectivity index (χ2v) is 7.99.